The molecule has 0 amide bonds. The lowest BCUT2D eigenvalue weighted by Gasteiger charge is -2.11. The average molecular weight is 237 g/mol. The lowest BCUT2D eigenvalue weighted by Crippen LogP contribution is -2.15. The molecular weight excluding hydrogens is 226 g/mol. The average Bonchev–Trinajstić information content (AvgIpc) is 2.94. The molecule has 1 saturated heterocycles. The van der Waals surface area contributed by atoms with Crippen molar-refractivity contribution < 1.29 is 14.6 Å². The zero-order valence-electron chi connectivity index (χ0n) is 8.87. The van der Waals surface area contributed by atoms with Crippen molar-refractivity contribution in [2.45, 2.75) is 12.5 Å². The number of aromatic amines is 1. The monoisotopic (exact) mass is 237 g/mol. The summed E-state index contributed by atoms with van der Waals surface area (Å²) in [5.74, 6) is 0. The number of hydrogen-bond donors (Lipinski definition) is 2. The minimum absolute atomic E-state index is 0.189. The Kier molecular flexibility index (Phi) is 2.43. The summed E-state index contributed by atoms with van der Waals surface area (Å²) in [7, 11) is 0. The van der Waals surface area contributed by atoms with E-state index in [0.29, 0.717) is 17.6 Å². The van der Waals surface area contributed by atoms with E-state index in [-0.39, 0.29) is 18.4 Å². The number of aliphatic hydroxyl groups is 1. The van der Waals surface area contributed by atoms with Crippen LogP contribution in [-0.2, 0) is 9.47 Å². The van der Waals surface area contributed by atoms with Crippen LogP contribution in [0, 0.1) is 0 Å². The normalized spacial score (nSPS) is 24.5. The number of fused-ring (bicyclic) bond motifs is 1. The molecule has 0 spiro atoms. The number of nitrogens with one attached hydrogen (secondary N) is 1. The highest BCUT2D eigenvalue weighted by Gasteiger charge is 2.27. The fourth-order valence-corrected chi connectivity index (χ4v) is 1.90. The van der Waals surface area contributed by atoms with Crippen LogP contribution in [0.15, 0.2) is 23.4 Å². The van der Waals surface area contributed by atoms with Gasteiger partial charge >= 0.3 is 0 Å². The van der Waals surface area contributed by atoms with Gasteiger partial charge in [-0.05, 0) is 6.07 Å². The SMILES string of the molecule is O=c1[nH]cnc2c1ccn2[C@@H]1CO[C@@H](CO)O1. The van der Waals surface area contributed by atoms with Crippen molar-refractivity contribution in [1.82, 2.24) is 14.5 Å². The Bertz CT molecular complexity index is 590. The number of rotatable bonds is 2. The predicted molar refractivity (Wildman–Crippen MR) is 57.3 cm³/mol. The Morgan fingerprint density at radius 3 is 3.29 bits per heavy atom. The number of ether oxygens (including phenoxy) is 2. The fourth-order valence-electron chi connectivity index (χ4n) is 1.90. The highest BCUT2D eigenvalue weighted by atomic mass is 16.7. The van der Waals surface area contributed by atoms with Crippen LogP contribution in [0.4, 0.5) is 0 Å². The van der Waals surface area contributed by atoms with Crippen molar-refractivity contribution in [2.24, 2.45) is 0 Å². The Morgan fingerprint density at radius 2 is 2.53 bits per heavy atom. The summed E-state index contributed by atoms with van der Waals surface area (Å²) in [5, 5.41) is 9.41. The number of H-pyrrole nitrogens is 1. The molecule has 2 atom stereocenters. The summed E-state index contributed by atoms with van der Waals surface area (Å²) >= 11 is 0. The number of aromatic nitrogens is 3. The highest BCUT2D eigenvalue weighted by Crippen LogP contribution is 2.23. The zero-order chi connectivity index (χ0) is 11.8. The van der Waals surface area contributed by atoms with Gasteiger partial charge in [0.05, 0.1) is 24.9 Å². The molecule has 3 heterocycles. The predicted octanol–water partition coefficient (Wildman–Crippen LogP) is -0.412. The van der Waals surface area contributed by atoms with Gasteiger partial charge in [-0.1, -0.05) is 0 Å². The van der Waals surface area contributed by atoms with E-state index >= 15 is 0 Å². The molecule has 17 heavy (non-hydrogen) atoms. The second-order valence-electron chi connectivity index (χ2n) is 3.73. The second-order valence-corrected chi connectivity index (χ2v) is 3.73. The molecule has 1 fully saturated rings. The van der Waals surface area contributed by atoms with Crippen LogP contribution < -0.4 is 5.56 Å². The Morgan fingerprint density at radius 1 is 1.65 bits per heavy atom. The third-order valence-corrected chi connectivity index (χ3v) is 2.71. The van der Waals surface area contributed by atoms with Crippen LogP contribution in [0.1, 0.15) is 6.23 Å². The van der Waals surface area contributed by atoms with Gasteiger partial charge in [-0.2, -0.15) is 0 Å². The lowest BCUT2D eigenvalue weighted by molar-refractivity contribution is -0.0979. The third kappa shape index (κ3) is 1.64. The minimum Gasteiger partial charge on any atom is -0.391 e. The molecule has 0 aromatic carbocycles. The van der Waals surface area contributed by atoms with Gasteiger partial charge < -0.3 is 24.1 Å². The third-order valence-electron chi connectivity index (χ3n) is 2.71. The van der Waals surface area contributed by atoms with E-state index in [1.54, 1.807) is 16.8 Å². The number of nitrogens with zero attached hydrogens (tertiary/aromatic N) is 2. The zero-order valence-corrected chi connectivity index (χ0v) is 8.87. The van der Waals surface area contributed by atoms with E-state index < -0.39 is 6.29 Å². The molecule has 0 radical (unpaired) electrons. The molecule has 1 aliphatic rings. The van der Waals surface area contributed by atoms with E-state index in [2.05, 4.69) is 9.97 Å². The van der Waals surface area contributed by atoms with Crippen LogP contribution in [0.5, 0.6) is 0 Å². The van der Waals surface area contributed by atoms with E-state index in [1.165, 1.54) is 6.33 Å². The second kappa shape index (κ2) is 3.95. The maximum absolute atomic E-state index is 11.5. The first kappa shape index (κ1) is 10.5. The molecule has 7 heteroatoms. The van der Waals surface area contributed by atoms with Crippen LogP contribution in [0.25, 0.3) is 11.0 Å². The van der Waals surface area contributed by atoms with Crippen LogP contribution in [-0.4, -0.2) is 39.1 Å². The minimum atomic E-state index is -0.612. The van der Waals surface area contributed by atoms with Crippen LogP contribution in [0.3, 0.4) is 0 Å². The standard InChI is InChI=1S/C10H11N3O4/c14-3-8-16-4-7(17-8)13-2-1-6-9(13)11-5-12-10(6)15/h1-2,5,7-8,14H,3-4H2,(H,11,12,15)/t7-,8+/m0/s1. The van der Waals surface area contributed by atoms with E-state index in [9.17, 15) is 4.79 Å². The molecule has 0 bridgehead atoms. The largest absolute Gasteiger partial charge is 0.391 e. The summed E-state index contributed by atoms with van der Waals surface area (Å²) < 4.78 is 12.4. The Hall–Kier alpha value is -1.70. The van der Waals surface area contributed by atoms with Crippen molar-refractivity contribution >= 4 is 11.0 Å². The molecule has 2 aromatic rings. The molecule has 0 unspecified atom stereocenters. The Balaban J connectivity index is 2.02. The van der Waals surface area contributed by atoms with Gasteiger partial charge in [0, 0.05) is 6.20 Å². The fraction of sp³-hybridized carbons (Fsp3) is 0.400. The maximum atomic E-state index is 11.5. The van der Waals surface area contributed by atoms with Gasteiger partial charge in [0.2, 0.25) is 0 Å². The van der Waals surface area contributed by atoms with E-state index in [1.807, 2.05) is 0 Å². The van der Waals surface area contributed by atoms with E-state index in [4.69, 9.17) is 14.6 Å². The quantitative estimate of drug-likeness (QED) is 0.741. The molecule has 2 aromatic heterocycles. The van der Waals surface area contributed by atoms with Crippen molar-refractivity contribution in [3.8, 4) is 0 Å². The first-order valence-electron chi connectivity index (χ1n) is 5.22. The van der Waals surface area contributed by atoms with Gasteiger partial charge in [-0.25, -0.2) is 4.98 Å². The first-order valence-corrected chi connectivity index (χ1v) is 5.22. The van der Waals surface area contributed by atoms with Gasteiger partial charge in [0.25, 0.3) is 5.56 Å². The first-order chi connectivity index (χ1) is 8.29. The maximum Gasteiger partial charge on any atom is 0.260 e. The van der Waals surface area contributed by atoms with Crippen molar-refractivity contribution in [3.63, 3.8) is 0 Å². The summed E-state index contributed by atoms with van der Waals surface area (Å²) in [5.41, 5.74) is 0.354. The molecule has 0 aliphatic carbocycles. The molecule has 3 rings (SSSR count). The number of hydrogen-bond acceptors (Lipinski definition) is 5. The smallest absolute Gasteiger partial charge is 0.260 e. The van der Waals surface area contributed by atoms with Gasteiger partial charge in [0.1, 0.15) is 5.65 Å². The Labute approximate surface area is 95.6 Å². The van der Waals surface area contributed by atoms with Crippen molar-refractivity contribution in [3.05, 3.63) is 28.9 Å². The van der Waals surface area contributed by atoms with Gasteiger partial charge in [-0.3, -0.25) is 4.79 Å². The molecule has 1 aliphatic heterocycles. The number of aliphatic hydroxyl groups excluding tert-OH is 1. The molecule has 7 nitrogen and oxygen atoms in total. The van der Waals surface area contributed by atoms with Gasteiger partial charge in [0.15, 0.2) is 12.5 Å². The van der Waals surface area contributed by atoms with Crippen molar-refractivity contribution in [2.75, 3.05) is 13.2 Å². The summed E-state index contributed by atoms with van der Waals surface area (Å²) in [6.07, 6.45) is 2.10. The summed E-state index contributed by atoms with van der Waals surface area (Å²) in [4.78, 5) is 18.1. The molecule has 2 N–H and O–H groups in total. The lowest BCUT2D eigenvalue weighted by atomic mass is 10.4. The molecular formula is C10H11N3O4. The summed E-state index contributed by atoms with van der Waals surface area (Å²) in [6, 6.07) is 1.68. The van der Waals surface area contributed by atoms with Crippen molar-refractivity contribution in [1.29, 1.82) is 0 Å². The summed E-state index contributed by atoms with van der Waals surface area (Å²) in [6.45, 7) is 0.132. The topological polar surface area (TPSA) is 89.4 Å². The van der Waals surface area contributed by atoms with Crippen LogP contribution >= 0.6 is 0 Å². The molecule has 0 saturated carbocycles. The highest BCUT2D eigenvalue weighted by molar-refractivity contribution is 5.74. The van der Waals surface area contributed by atoms with Gasteiger partial charge in [-0.15, -0.1) is 0 Å². The van der Waals surface area contributed by atoms with Crippen LogP contribution in [0.2, 0.25) is 0 Å². The molecule has 90 valence electrons. The van der Waals surface area contributed by atoms with E-state index in [0.717, 1.165) is 0 Å².